The van der Waals surface area contributed by atoms with E-state index in [4.69, 9.17) is 9.47 Å². The number of nitrogens with zero attached hydrogens (tertiary/aromatic N) is 3. The second-order valence-corrected chi connectivity index (χ2v) is 4.69. The smallest absolute Gasteiger partial charge is 0.231 e. The lowest BCUT2D eigenvalue weighted by molar-refractivity contribution is 0.174. The van der Waals surface area contributed by atoms with Crippen LogP contribution in [0.3, 0.4) is 0 Å². The fraction of sp³-hybridized carbons (Fsp3) is 0.429. The van der Waals surface area contributed by atoms with Crippen LogP contribution in [0.4, 0.5) is 0 Å². The van der Waals surface area contributed by atoms with Crippen LogP contribution >= 0.6 is 0 Å². The van der Waals surface area contributed by atoms with E-state index in [1.165, 1.54) is 0 Å². The SMILES string of the molecule is CCCCn1nnc(CO)c1-c1ccc2c(c1)OCO2. The number of aryl methyl sites for hydroxylation is 1. The van der Waals surface area contributed by atoms with Gasteiger partial charge >= 0.3 is 0 Å². The predicted molar refractivity (Wildman–Crippen MR) is 72.4 cm³/mol. The second kappa shape index (κ2) is 5.50. The van der Waals surface area contributed by atoms with Crippen LogP contribution in [0, 0.1) is 0 Å². The van der Waals surface area contributed by atoms with Crippen molar-refractivity contribution in [3.8, 4) is 22.8 Å². The van der Waals surface area contributed by atoms with Gasteiger partial charge in [-0.15, -0.1) is 5.10 Å². The van der Waals surface area contributed by atoms with Gasteiger partial charge in [0.05, 0.1) is 12.3 Å². The van der Waals surface area contributed by atoms with Crippen LogP contribution in [0.25, 0.3) is 11.3 Å². The van der Waals surface area contributed by atoms with Crippen molar-refractivity contribution in [1.82, 2.24) is 15.0 Å². The summed E-state index contributed by atoms with van der Waals surface area (Å²) < 4.78 is 12.5. The molecule has 0 radical (unpaired) electrons. The first kappa shape index (κ1) is 12.9. The Bertz CT molecular complexity index is 610. The molecule has 1 aromatic carbocycles. The van der Waals surface area contributed by atoms with Crippen LogP contribution in [0.5, 0.6) is 11.5 Å². The molecule has 1 aliphatic heterocycles. The van der Waals surface area contributed by atoms with Gasteiger partial charge in [-0.2, -0.15) is 0 Å². The van der Waals surface area contributed by atoms with Crippen LogP contribution in [0.2, 0.25) is 0 Å². The maximum absolute atomic E-state index is 9.44. The number of fused-ring (bicyclic) bond motifs is 1. The van der Waals surface area contributed by atoms with E-state index in [-0.39, 0.29) is 13.4 Å². The van der Waals surface area contributed by atoms with Crippen molar-refractivity contribution in [2.45, 2.75) is 32.9 Å². The zero-order valence-electron chi connectivity index (χ0n) is 11.4. The van der Waals surface area contributed by atoms with Gasteiger partial charge in [0, 0.05) is 12.1 Å². The Hall–Kier alpha value is -2.08. The van der Waals surface area contributed by atoms with E-state index in [0.29, 0.717) is 5.69 Å². The Morgan fingerprint density at radius 2 is 2.15 bits per heavy atom. The van der Waals surface area contributed by atoms with E-state index in [0.717, 1.165) is 42.1 Å². The molecule has 0 saturated carbocycles. The molecule has 0 spiro atoms. The van der Waals surface area contributed by atoms with E-state index >= 15 is 0 Å². The molecule has 1 aliphatic rings. The quantitative estimate of drug-likeness (QED) is 0.903. The molecule has 2 aromatic rings. The molecule has 1 N–H and O–H groups in total. The van der Waals surface area contributed by atoms with Gasteiger partial charge in [-0.1, -0.05) is 18.6 Å². The maximum Gasteiger partial charge on any atom is 0.231 e. The van der Waals surface area contributed by atoms with Crippen LogP contribution in [0.1, 0.15) is 25.5 Å². The number of aromatic nitrogens is 3. The molecule has 0 unspecified atom stereocenters. The molecule has 1 aromatic heterocycles. The molecular formula is C14H17N3O3. The summed E-state index contributed by atoms with van der Waals surface area (Å²) in [7, 11) is 0. The number of hydrogen-bond donors (Lipinski definition) is 1. The molecule has 0 aliphatic carbocycles. The summed E-state index contributed by atoms with van der Waals surface area (Å²) in [5.74, 6) is 1.46. The highest BCUT2D eigenvalue weighted by molar-refractivity contribution is 5.66. The molecule has 0 bridgehead atoms. The molecule has 20 heavy (non-hydrogen) atoms. The van der Waals surface area contributed by atoms with Crippen molar-refractivity contribution in [2.24, 2.45) is 0 Å². The second-order valence-electron chi connectivity index (χ2n) is 4.69. The van der Waals surface area contributed by atoms with Crippen LogP contribution < -0.4 is 9.47 Å². The highest BCUT2D eigenvalue weighted by Crippen LogP contribution is 2.36. The van der Waals surface area contributed by atoms with Gasteiger partial charge in [-0.3, -0.25) is 0 Å². The summed E-state index contributed by atoms with van der Waals surface area (Å²) in [4.78, 5) is 0. The largest absolute Gasteiger partial charge is 0.454 e. The average Bonchev–Trinajstić information content (AvgIpc) is 3.10. The van der Waals surface area contributed by atoms with Gasteiger partial charge in [-0.05, 0) is 24.6 Å². The van der Waals surface area contributed by atoms with Crippen LogP contribution in [-0.4, -0.2) is 26.9 Å². The molecule has 0 saturated heterocycles. The van der Waals surface area contributed by atoms with E-state index in [1.54, 1.807) is 0 Å². The zero-order chi connectivity index (χ0) is 13.9. The van der Waals surface area contributed by atoms with Crippen molar-refractivity contribution in [1.29, 1.82) is 0 Å². The van der Waals surface area contributed by atoms with E-state index < -0.39 is 0 Å². The Morgan fingerprint density at radius 1 is 1.30 bits per heavy atom. The van der Waals surface area contributed by atoms with Crippen molar-refractivity contribution in [3.05, 3.63) is 23.9 Å². The summed E-state index contributed by atoms with van der Waals surface area (Å²) in [6.07, 6.45) is 2.10. The number of benzene rings is 1. The average molecular weight is 275 g/mol. The Labute approximate surface area is 116 Å². The fourth-order valence-electron chi connectivity index (χ4n) is 2.28. The molecule has 6 heteroatoms. The number of rotatable bonds is 5. The minimum absolute atomic E-state index is 0.129. The number of unbranched alkanes of at least 4 members (excludes halogenated alkanes) is 1. The lowest BCUT2D eigenvalue weighted by Gasteiger charge is -2.08. The Morgan fingerprint density at radius 3 is 2.95 bits per heavy atom. The van der Waals surface area contributed by atoms with Gasteiger partial charge in [0.15, 0.2) is 11.5 Å². The third-order valence-corrected chi connectivity index (χ3v) is 3.32. The zero-order valence-corrected chi connectivity index (χ0v) is 11.4. The molecule has 0 amide bonds. The normalized spacial score (nSPS) is 12.9. The minimum atomic E-state index is -0.129. The van der Waals surface area contributed by atoms with Crippen LogP contribution in [-0.2, 0) is 13.2 Å². The summed E-state index contributed by atoms with van der Waals surface area (Å²) >= 11 is 0. The first-order valence-electron chi connectivity index (χ1n) is 6.76. The number of hydrogen-bond acceptors (Lipinski definition) is 5. The number of aliphatic hydroxyl groups is 1. The molecule has 6 nitrogen and oxygen atoms in total. The molecule has 106 valence electrons. The van der Waals surface area contributed by atoms with Crippen molar-refractivity contribution in [3.63, 3.8) is 0 Å². The third kappa shape index (κ3) is 2.22. The summed E-state index contributed by atoms with van der Waals surface area (Å²) in [5, 5.41) is 17.6. The van der Waals surface area contributed by atoms with Gasteiger partial charge in [0.1, 0.15) is 5.69 Å². The summed E-state index contributed by atoms with van der Waals surface area (Å²) in [6.45, 7) is 3.03. The van der Waals surface area contributed by atoms with Gasteiger partial charge in [0.2, 0.25) is 6.79 Å². The van der Waals surface area contributed by atoms with E-state index in [1.807, 2.05) is 22.9 Å². The minimum Gasteiger partial charge on any atom is -0.454 e. The molecule has 0 fully saturated rings. The summed E-state index contributed by atoms with van der Waals surface area (Å²) in [6, 6.07) is 5.71. The standard InChI is InChI=1S/C14H17N3O3/c1-2-3-6-17-14(11(8-18)15-16-17)10-4-5-12-13(7-10)20-9-19-12/h4-5,7,18H,2-3,6,8-9H2,1H3. The topological polar surface area (TPSA) is 69.4 Å². The molecule has 0 atom stereocenters. The molecular weight excluding hydrogens is 258 g/mol. The lowest BCUT2D eigenvalue weighted by Crippen LogP contribution is -2.03. The maximum atomic E-state index is 9.44. The van der Waals surface area contributed by atoms with Crippen molar-refractivity contribution < 1.29 is 14.6 Å². The van der Waals surface area contributed by atoms with Crippen molar-refractivity contribution >= 4 is 0 Å². The van der Waals surface area contributed by atoms with Gasteiger partial charge in [0.25, 0.3) is 0 Å². The lowest BCUT2D eigenvalue weighted by atomic mass is 10.1. The van der Waals surface area contributed by atoms with Gasteiger partial charge < -0.3 is 14.6 Å². The van der Waals surface area contributed by atoms with E-state index in [9.17, 15) is 5.11 Å². The highest BCUT2D eigenvalue weighted by atomic mass is 16.7. The first-order chi connectivity index (χ1) is 9.83. The predicted octanol–water partition coefficient (Wildman–Crippen LogP) is 1.97. The van der Waals surface area contributed by atoms with Crippen molar-refractivity contribution in [2.75, 3.05) is 6.79 Å². The first-order valence-corrected chi connectivity index (χ1v) is 6.76. The monoisotopic (exact) mass is 275 g/mol. The van der Waals surface area contributed by atoms with Gasteiger partial charge in [-0.25, -0.2) is 4.68 Å². The fourth-order valence-corrected chi connectivity index (χ4v) is 2.28. The summed E-state index contributed by atoms with van der Waals surface area (Å²) in [5.41, 5.74) is 2.36. The molecule has 2 heterocycles. The molecule has 3 rings (SSSR count). The highest BCUT2D eigenvalue weighted by Gasteiger charge is 2.19. The Kier molecular flexibility index (Phi) is 3.56. The van der Waals surface area contributed by atoms with Crippen LogP contribution in [0.15, 0.2) is 18.2 Å². The van der Waals surface area contributed by atoms with E-state index in [2.05, 4.69) is 17.2 Å². The third-order valence-electron chi connectivity index (χ3n) is 3.32. The number of aliphatic hydroxyl groups excluding tert-OH is 1. The number of ether oxygens (including phenoxy) is 2. The Balaban J connectivity index is 2.01.